The quantitative estimate of drug-likeness (QED) is 0.418. The van der Waals surface area contributed by atoms with Crippen molar-refractivity contribution in [3.63, 3.8) is 0 Å². The molecule has 0 N–H and O–H groups in total. The van der Waals surface area contributed by atoms with Crippen molar-refractivity contribution in [2.45, 2.75) is 25.7 Å². The van der Waals surface area contributed by atoms with Crippen molar-refractivity contribution in [1.82, 2.24) is 4.90 Å². The summed E-state index contributed by atoms with van der Waals surface area (Å²) in [5.74, 6) is 1.53. The summed E-state index contributed by atoms with van der Waals surface area (Å²) in [6, 6.07) is 13.8. The van der Waals surface area contributed by atoms with Crippen molar-refractivity contribution in [2.75, 3.05) is 33.5 Å². The van der Waals surface area contributed by atoms with Crippen LogP contribution in [0.1, 0.15) is 24.0 Å². The van der Waals surface area contributed by atoms with Gasteiger partial charge in [-0.15, -0.1) is 0 Å². The second kappa shape index (κ2) is 10.4. The predicted octanol–water partition coefficient (Wildman–Crippen LogP) is 5.04. The van der Waals surface area contributed by atoms with E-state index in [-0.39, 0.29) is 12.2 Å². The Labute approximate surface area is 191 Å². The second-order valence-corrected chi connectivity index (χ2v) is 9.02. The van der Waals surface area contributed by atoms with Crippen LogP contribution in [0.4, 0.5) is 0 Å². The van der Waals surface area contributed by atoms with E-state index in [0.717, 1.165) is 42.7 Å². The van der Waals surface area contributed by atoms with E-state index in [4.69, 9.17) is 13.9 Å². The van der Waals surface area contributed by atoms with Gasteiger partial charge >= 0.3 is 0 Å². The maximum Gasteiger partial charge on any atom is 0.192 e. The molecule has 0 unspecified atom stereocenters. The summed E-state index contributed by atoms with van der Waals surface area (Å²) >= 11 is 3.54. The molecule has 3 aromatic rings. The first-order chi connectivity index (χ1) is 15.1. The summed E-state index contributed by atoms with van der Waals surface area (Å²) in [6.07, 6.45) is 5.88. The molecule has 2 aromatic carbocycles. The largest absolute Gasteiger partial charge is 0.466 e. The number of hydrogen-bond donors (Lipinski definition) is 0. The molecule has 1 aliphatic rings. The van der Waals surface area contributed by atoms with Gasteiger partial charge in [-0.25, -0.2) is 0 Å². The fraction of sp³-hybridized carbons (Fsp3) is 0.400. The molecule has 164 valence electrons. The van der Waals surface area contributed by atoms with Gasteiger partial charge in [-0.05, 0) is 96.0 Å². The van der Waals surface area contributed by atoms with Crippen LogP contribution in [0, 0.1) is 5.92 Å². The molecular weight excluding hydrogens is 458 g/mol. The zero-order valence-corrected chi connectivity index (χ0v) is 19.4. The fourth-order valence-corrected chi connectivity index (χ4v) is 4.59. The van der Waals surface area contributed by atoms with Gasteiger partial charge in [-0.2, -0.15) is 0 Å². The van der Waals surface area contributed by atoms with Gasteiger partial charge in [0.15, 0.2) is 12.2 Å². The van der Waals surface area contributed by atoms with E-state index >= 15 is 0 Å². The van der Waals surface area contributed by atoms with Crippen LogP contribution >= 0.6 is 15.9 Å². The molecule has 31 heavy (non-hydrogen) atoms. The predicted molar refractivity (Wildman–Crippen MR) is 126 cm³/mol. The smallest absolute Gasteiger partial charge is 0.192 e. The molecule has 1 aromatic heterocycles. The summed E-state index contributed by atoms with van der Waals surface area (Å²) in [5, 5.41) is 0.669. The van der Waals surface area contributed by atoms with Gasteiger partial charge < -0.3 is 18.8 Å². The molecule has 1 aliphatic heterocycles. The van der Waals surface area contributed by atoms with Crippen molar-refractivity contribution in [2.24, 2.45) is 5.92 Å². The number of ether oxygens (including phenoxy) is 2. The Morgan fingerprint density at radius 3 is 2.71 bits per heavy atom. The third-order valence-corrected chi connectivity index (χ3v) is 6.66. The Morgan fingerprint density at radius 1 is 1.10 bits per heavy atom. The Balaban J connectivity index is 1.27. The van der Waals surface area contributed by atoms with Crippen molar-refractivity contribution in [1.29, 1.82) is 0 Å². The lowest BCUT2D eigenvalue weighted by molar-refractivity contribution is 0.0505. The third kappa shape index (κ3) is 5.76. The third-order valence-electron chi connectivity index (χ3n) is 6.00. The Bertz CT molecular complexity index is 1070. The molecule has 0 radical (unpaired) electrons. The van der Waals surface area contributed by atoms with E-state index in [2.05, 4.69) is 45.1 Å². The minimum Gasteiger partial charge on any atom is -0.466 e. The number of hydrogen-bond acceptors (Lipinski definition) is 5. The van der Waals surface area contributed by atoms with E-state index in [1.165, 1.54) is 36.3 Å². The van der Waals surface area contributed by atoms with Crippen LogP contribution < -0.4 is 10.2 Å². The van der Waals surface area contributed by atoms with Gasteiger partial charge in [-0.3, -0.25) is 4.79 Å². The van der Waals surface area contributed by atoms with Crippen molar-refractivity contribution >= 4 is 26.9 Å². The number of methoxy groups -OCH3 is 1. The zero-order valence-electron chi connectivity index (χ0n) is 17.8. The van der Waals surface area contributed by atoms with Crippen LogP contribution in [0.25, 0.3) is 11.0 Å². The summed E-state index contributed by atoms with van der Waals surface area (Å²) in [6.45, 7) is 3.50. The van der Waals surface area contributed by atoms with Crippen LogP contribution in [0.15, 0.2) is 62.4 Å². The molecule has 5 nitrogen and oxygen atoms in total. The topological polar surface area (TPSA) is 51.9 Å². The van der Waals surface area contributed by atoms with Crippen molar-refractivity contribution < 1.29 is 13.9 Å². The van der Waals surface area contributed by atoms with Crippen LogP contribution in [0.2, 0.25) is 0 Å². The second-order valence-electron chi connectivity index (χ2n) is 8.17. The van der Waals surface area contributed by atoms with E-state index in [1.807, 2.05) is 12.1 Å². The highest BCUT2D eigenvalue weighted by molar-refractivity contribution is 9.10. The average Bonchev–Trinajstić information content (AvgIpc) is 2.79. The maximum absolute atomic E-state index is 12.0. The lowest BCUT2D eigenvalue weighted by Crippen LogP contribution is -2.35. The molecular formula is C25H28BrNO4. The molecule has 0 atom stereocenters. The standard InChI is InChI=1S/C25H28BrNO4/c1-29-17-31-25-16-20(2-4-22(25)26)14-19-7-11-27(12-8-19)10-6-18-3-5-24-21(15-18)23(28)9-13-30-24/h2-5,9,13,15-16,19H,6-8,10-12,14,17H2,1H3. The Kier molecular flexibility index (Phi) is 7.43. The van der Waals surface area contributed by atoms with E-state index in [0.29, 0.717) is 16.9 Å². The van der Waals surface area contributed by atoms with E-state index in [9.17, 15) is 4.79 Å². The summed E-state index contributed by atoms with van der Waals surface area (Å²) in [4.78, 5) is 14.6. The van der Waals surface area contributed by atoms with Gasteiger partial charge in [0.2, 0.25) is 0 Å². The minimum absolute atomic E-state index is 0.0210. The van der Waals surface area contributed by atoms with Gasteiger partial charge in [0.05, 0.1) is 16.1 Å². The molecule has 1 saturated heterocycles. The summed E-state index contributed by atoms with van der Waals surface area (Å²) < 4.78 is 17.0. The minimum atomic E-state index is 0.0210. The number of nitrogens with zero attached hydrogens (tertiary/aromatic N) is 1. The van der Waals surface area contributed by atoms with Gasteiger partial charge in [0, 0.05) is 19.7 Å². The summed E-state index contributed by atoms with van der Waals surface area (Å²) in [5.41, 5.74) is 3.17. The van der Waals surface area contributed by atoms with E-state index < -0.39 is 0 Å². The Morgan fingerprint density at radius 2 is 1.90 bits per heavy atom. The molecule has 0 amide bonds. The lowest BCUT2D eigenvalue weighted by atomic mass is 9.90. The molecule has 1 fully saturated rings. The van der Waals surface area contributed by atoms with Gasteiger partial charge in [-0.1, -0.05) is 12.1 Å². The van der Waals surface area contributed by atoms with Crippen LogP contribution in [0.3, 0.4) is 0 Å². The molecule has 0 aliphatic carbocycles. The Hall–Kier alpha value is -2.15. The number of rotatable bonds is 8. The van der Waals surface area contributed by atoms with Gasteiger partial charge in [0.25, 0.3) is 0 Å². The highest BCUT2D eigenvalue weighted by Crippen LogP contribution is 2.29. The molecule has 0 spiro atoms. The fourth-order valence-electron chi connectivity index (χ4n) is 4.23. The molecule has 4 rings (SSSR count). The number of likely N-dealkylation sites (tertiary alicyclic amines) is 1. The highest BCUT2D eigenvalue weighted by atomic mass is 79.9. The molecule has 6 heteroatoms. The van der Waals surface area contributed by atoms with Crippen LogP contribution in [0.5, 0.6) is 5.75 Å². The normalized spacial score (nSPS) is 15.4. The van der Waals surface area contributed by atoms with Crippen molar-refractivity contribution in [3.05, 3.63) is 74.6 Å². The van der Waals surface area contributed by atoms with Crippen molar-refractivity contribution in [3.8, 4) is 5.75 Å². The first kappa shape index (κ1) is 22.1. The highest BCUT2D eigenvalue weighted by Gasteiger charge is 2.20. The molecule has 2 heterocycles. The lowest BCUT2D eigenvalue weighted by Gasteiger charge is -2.32. The van der Waals surface area contributed by atoms with E-state index in [1.54, 1.807) is 7.11 Å². The number of benzene rings is 2. The number of fused-ring (bicyclic) bond motifs is 1. The maximum atomic E-state index is 12.0. The zero-order chi connectivity index (χ0) is 21.6. The average molecular weight is 486 g/mol. The molecule has 0 bridgehead atoms. The van der Waals surface area contributed by atoms with Crippen LogP contribution in [-0.4, -0.2) is 38.4 Å². The first-order valence-electron chi connectivity index (χ1n) is 10.8. The number of halogens is 1. The first-order valence-corrected chi connectivity index (χ1v) is 11.5. The monoisotopic (exact) mass is 485 g/mol. The summed E-state index contributed by atoms with van der Waals surface area (Å²) in [7, 11) is 1.63. The number of piperidine rings is 1. The molecule has 0 saturated carbocycles. The SMILES string of the molecule is COCOc1cc(CC2CCN(CCc3ccc4occc(=O)c4c3)CC2)ccc1Br. The van der Waals surface area contributed by atoms with Gasteiger partial charge in [0.1, 0.15) is 11.3 Å². The van der Waals surface area contributed by atoms with Crippen LogP contribution in [-0.2, 0) is 17.6 Å².